The average molecular weight is 246 g/mol. The summed E-state index contributed by atoms with van der Waals surface area (Å²) in [4.78, 5) is 11.7. The summed E-state index contributed by atoms with van der Waals surface area (Å²) in [5, 5.41) is 9.64. The van der Waals surface area contributed by atoms with E-state index in [2.05, 4.69) is 0 Å². The number of hydrogen-bond acceptors (Lipinski definition) is 2. The minimum absolute atomic E-state index is 0.304. The van der Waals surface area contributed by atoms with E-state index in [0.717, 1.165) is 49.8 Å². The van der Waals surface area contributed by atoms with Gasteiger partial charge in [0.25, 0.3) is 0 Å². The number of hydrogen-bond donors (Lipinski definition) is 1. The molecular weight excluding hydrogens is 228 g/mol. The molecule has 0 spiro atoms. The monoisotopic (exact) mass is 246 g/mol. The number of ether oxygens (including phenoxy) is 1. The van der Waals surface area contributed by atoms with Crippen LogP contribution in [0, 0.1) is 0 Å². The van der Waals surface area contributed by atoms with Gasteiger partial charge in [0.15, 0.2) is 0 Å². The van der Waals surface area contributed by atoms with Gasteiger partial charge in [-0.3, -0.25) is 4.79 Å². The van der Waals surface area contributed by atoms with Gasteiger partial charge < -0.3 is 9.84 Å². The molecule has 0 unspecified atom stereocenters. The molecule has 0 bridgehead atoms. The average Bonchev–Trinajstić information content (AvgIpc) is 3.04. The lowest BCUT2D eigenvalue weighted by Gasteiger charge is -2.26. The lowest BCUT2D eigenvalue weighted by Crippen LogP contribution is -2.33. The largest absolute Gasteiger partial charge is 0.490 e. The molecule has 18 heavy (non-hydrogen) atoms. The molecule has 3 nitrogen and oxygen atoms in total. The highest BCUT2D eigenvalue weighted by Crippen LogP contribution is 2.45. The molecule has 3 heteroatoms. The highest BCUT2D eigenvalue weighted by Gasteiger charge is 2.45. The Morgan fingerprint density at radius 3 is 2.50 bits per heavy atom. The summed E-state index contributed by atoms with van der Waals surface area (Å²) in [6.45, 7) is 0. The number of carbonyl (C=O) groups is 1. The van der Waals surface area contributed by atoms with Crippen molar-refractivity contribution in [1.82, 2.24) is 0 Å². The molecule has 2 aliphatic carbocycles. The quantitative estimate of drug-likeness (QED) is 0.887. The van der Waals surface area contributed by atoms with Crippen molar-refractivity contribution < 1.29 is 14.6 Å². The van der Waals surface area contributed by atoms with Crippen LogP contribution in [-0.2, 0) is 10.2 Å². The Kier molecular flexibility index (Phi) is 2.77. The third-order valence-corrected chi connectivity index (χ3v) is 4.09. The molecule has 1 N–H and O–H groups in total. The van der Waals surface area contributed by atoms with E-state index in [-0.39, 0.29) is 0 Å². The zero-order valence-electron chi connectivity index (χ0n) is 10.4. The third-order valence-electron chi connectivity index (χ3n) is 4.09. The standard InChI is InChI=1S/C15H18O3/c16-14(17)15(9-3-4-10-15)12-5-1-2-6-13(12)18-11-7-8-11/h1-2,5-6,11H,3-4,7-10H2,(H,16,17). The molecule has 0 heterocycles. The van der Waals surface area contributed by atoms with Gasteiger partial charge in [-0.25, -0.2) is 0 Å². The first kappa shape index (κ1) is 11.6. The summed E-state index contributed by atoms with van der Waals surface area (Å²) in [5.74, 6) is 0.0798. The van der Waals surface area contributed by atoms with Crippen molar-refractivity contribution in [3.8, 4) is 5.75 Å². The van der Waals surface area contributed by atoms with E-state index in [1.54, 1.807) is 0 Å². The van der Waals surface area contributed by atoms with Crippen LogP contribution in [0.15, 0.2) is 24.3 Å². The Hall–Kier alpha value is -1.51. The Balaban J connectivity index is 2.00. The second-order valence-corrected chi connectivity index (χ2v) is 5.41. The van der Waals surface area contributed by atoms with Gasteiger partial charge in [0.05, 0.1) is 11.5 Å². The highest BCUT2D eigenvalue weighted by molar-refractivity contribution is 5.83. The van der Waals surface area contributed by atoms with Gasteiger partial charge >= 0.3 is 5.97 Å². The van der Waals surface area contributed by atoms with Gasteiger partial charge in [0.2, 0.25) is 0 Å². The highest BCUT2D eigenvalue weighted by atomic mass is 16.5. The molecule has 0 aromatic heterocycles. The predicted octanol–water partition coefficient (Wildman–Crippen LogP) is 3.12. The summed E-state index contributed by atoms with van der Waals surface area (Å²) in [6.07, 6.45) is 5.93. The van der Waals surface area contributed by atoms with Gasteiger partial charge in [-0.05, 0) is 31.7 Å². The van der Waals surface area contributed by atoms with Gasteiger partial charge in [-0.2, -0.15) is 0 Å². The van der Waals surface area contributed by atoms with Crippen LogP contribution in [0.3, 0.4) is 0 Å². The maximum absolute atomic E-state index is 11.7. The lowest BCUT2D eigenvalue weighted by molar-refractivity contribution is -0.143. The van der Waals surface area contributed by atoms with Crippen LogP contribution >= 0.6 is 0 Å². The Morgan fingerprint density at radius 2 is 1.89 bits per heavy atom. The maximum Gasteiger partial charge on any atom is 0.314 e. The first-order chi connectivity index (χ1) is 8.72. The van der Waals surface area contributed by atoms with Crippen LogP contribution in [0.1, 0.15) is 44.1 Å². The van der Waals surface area contributed by atoms with E-state index in [0.29, 0.717) is 6.10 Å². The molecule has 0 amide bonds. The Morgan fingerprint density at radius 1 is 1.22 bits per heavy atom. The molecule has 2 fully saturated rings. The van der Waals surface area contributed by atoms with Crippen LogP contribution in [-0.4, -0.2) is 17.2 Å². The zero-order valence-corrected chi connectivity index (χ0v) is 10.4. The Bertz CT molecular complexity index is 457. The topological polar surface area (TPSA) is 46.5 Å². The molecule has 0 atom stereocenters. The fraction of sp³-hybridized carbons (Fsp3) is 0.533. The molecular formula is C15H18O3. The van der Waals surface area contributed by atoms with Crippen LogP contribution in [0.2, 0.25) is 0 Å². The third kappa shape index (κ3) is 1.88. The van der Waals surface area contributed by atoms with E-state index < -0.39 is 11.4 Å². The Labute approximate surface area is 107 Å². The number of para-hydroxylation sites is 1. The summed E-state index contributed by atoms with van der Waals surface area (Å²) < 4.78 is 5.88. The lowest BCUT2D eigenvalue weighted by atomic mass is 9.78. The van der Waals surface area contributed by atoms with Crippen LogP contribution in [0.25, 0.3) is 0 Å². The van der Waals surface area contributed by atoms with Gasteiger partial charge in [-0.1, -0.05) is 31.0 Å². The van der Waals surface area contributed by atoms with Crippen molar-refractivity contribution >= 4 is 5.97 Å². The number of carboxylic acids is 1. The normalized spacial score (nSPS) is 21.8. The van der Waals surface area contributed by atoms with Crippen molar-refractivity contribution in [2.45, 2.75) is 50.0 Å². The van der Waals surface area contributed by atoms with E-state index in [9.17, 15) is 9.90 Å². The van der Waals surface area contributed by atoms with Crippen LogP contribution in [0.4, 0.5) is 0 Å². The second-order valence-electron chi connectivity index (χ2n) is 5.41. The van der Waals surface area contributed by atoms with E-state index >= 15 is 0 Å². The van der Waals surface area contributed by atoms with Crippen molar-refractivity contribution in [3.05, 3.63) is 29.8 Å². The molecule has 0 radical (unpaired) electrons. The molecule has 2 aliphatic rings. The molecule has 2 saturated carbocycles. The fourth-order valence-electron chi connectivity index (χ4n) is 2.91. The van der Waals surface area contributed by atoms with E-state index in [1.807, 2.05) is 24.3 Å². The predicted molar refractivity (Wildman–Crippen MR) is 67.9 cm³/mol. The minimum atomic E-state index is -0.717. The fourth-order valence-corrected chi connectivity index (χ4v) is 2.91. The van der Waals surface area contributed by atoms with Crippen molar-refractivity contribution in [3.63, 3.8) is 0 Å². The van der Waals surface area contributed by atoms with Crippen molar-refractivity contribution in [2.24, 2.45) is 0 Å². The molecule has 0 saturated heterocycles. The minimum Gasteiger partial charge on any atom is -0.490 e. The molecule has 1 aromatic carbocycles. The number of carboxylic acid groups (broad SMARTS) is 1. The van der Waals surface area contributed by atoms with Gasteiger partial charge in [0, 0.05) is 5.56 Å². The molecule has 96 valence electrons. The van der Waals surface area contributed by atoms with Crippen molar-refractivity contribution in [1.29, 1.82) is 0 Å². The van der Waals surface area contributed by atoms with Gasteiger partial charge in [0.1, 0.15) is 5.75 Å². The summed E-state index contributed by atoms with van der Waals surface area (Å²) in [5.41, 5.74) is 0.160. The van der Waals surface area contributed by atoms with E-state index in [1.165, 1.54) is 0 Å². The summed E-state index contributed by atoms with van der Waals surface area (Å²) in [6, 6.07) is 7.68. The zero-order chi connectivity index (χ0) is 12.6. The number of benzene rings is 1. The van der Waals surface area contributed by atoms with Crippen LogP contribution < -0.4 is 4.74 Å². The van der Waals surface area contributed by atoms with Crippen molar-refractivity contribution in [2.75, 3.05) is 0 Å². The molecule has 0 aliphatic heterocycles. The van der Waals surface area contributed by atoms with Crippen LogP contribution in [0.5, 0.6) is 5.75 Å². The second kappa shape index (κ2) is 4.30. The summed E-state index contributed by atoms with van der Waals surface area (Å²) >= 11 is 0. The summed E-state index contributed by atoms with van der Waals surface area (Å²) in [7, 11) is 0. The van der Waals surface area contributed by atoms with Gasteiger partial charge in [-0.15, -0.1) is 0 Å². The first-order valence-corrected chi connectivity index (χ1v) is 6.72. The maximum atomic E-state index is 11.7. The van der Waals surface area contributed by atoms with E-state index in [4.69, 9.17) is 4.74 Å². The number of aliphatic carboxylic acids is 1. The molecule has 3 rings (SSSR count). The smallest absolute Gasteiger partial charge is 0.314 e. The molecule has 1 aromatic rings. The SMILES string of the molecule is O=C(O)C1(c2ccccc2OC2CC2)CCCC1. The first-order valence-electron chi connectivity index (χ1n) is 6.72. The number of rotatable bonds is 4.